The molecule has 0 amide bonds. The van der Waals surface area contributed by atoms with Gasteiger partial charge in [0.05, 0.1) is 0 Å². The minimum absolute atomic E-state index is 0.0982. The van der Waals surface area contributed by atoms with Gasteiger partial charge in [-0.05, 0) is 54.9 Å². The molecule has 6 nitrogen and oxygen atoms in total. The van der Waals surface area contributed by atoms with Gasteiger partial charge in [-0.3, -0.25) is 0 Å². The van der Waals surface area contributed by atoms with E-state index in [1.165, 1.54) is 6.20 Å². The van der Waals surface area contributed by atoms with Crippen molar-refractivity contribution in [1.82, 2.24) is 10.3 Å². The average Bonchev–Trinajstić information content (AvgIpc) is 2.29. The van der Waals surface area contributed by atoms with Gasteiger partial charge in [0.15, 0.2) is 0 Å². The first-order valence-electron chi connectivity index (χ1n) is 5.69. The van der Waals surface area contributed by atoms with Gasteiger partial charge in [-0.1, -0.05) is 0 Å². The van der Waals surface area contributed by atoms with Gasteiger partial charge < -0.3 is 20.7 Å². The Bertz CT molecular complexity index is 416. The van der Waals surface area contributed by atoms with Crippen molar-refractivity contribution >= 4 is 11.5 Å². The van der Waals surface area contributed by atoms with Crippen LogP contribution < -0.4 is 10.6 Å². The Morgan fingerprint density at radius 2 is 2.24 bits per heavy atom. The second-order valence-corrected chi connectivity index (χ2v) is 4.57. The lowest BCUT2D eigenvalue weighted by Crippen LogP contribution is -2.45. The zero-order chi connectivity index (χ0) is 12.3. The maximum absolute atomic E-state index is 10.9. The first-order chi connectivity index (χ1) is 8.11. The number of hydrogen-bond acceptors (Lipinski definition) is 5. The van der Waals surface area contributed by atoms with E-state index in [4.69, 9.17) is 0 Å². The van der Waals surface area contributed by atoms with Gasteiger partial charge >= 0.3 is 5.82 Å². The van der Waals surface area contributed by atoms with E-state index in [0.717, 1.165) is 25.9 Å². The Labute approximate surface area is 99.6 Å². The molecule has 0 aliphatic carbocycles. The summed E-state index contributed by atoms with van der Waals surface area (Å²) in [5, 5.41) is 17.4. The van der Waals surface area contributed by atoms with E-state index in [9.17, 15) is 10.1 Å². The highest BCUT2D eigenvalue weighted by Gasteiger charge is 2.29. The number of anilines is 1. The van der Waals surface area contributed by atoms with Gasteiger partial charge in [0.25, 0.3) is 0 Å². The van der Waals surface area contributed by atoms with Crippen LogP contribution in [0.15, 0.2) is 18.3 Å². The van der Waals surface area contributed by atoms with Crippen molar-refractivity contribution < 1.29 is 4.92 Å². The van der Waals surface area contributed by atoms with E-state index < -0.39 is 4.92 Å². The Balaban J connectivity index is 2.20. The monoisotopic (exact) mass is 236 g/mol. The minimum Gasteiger partial charge on any atom is -0.373 e. The van der Waals surface area contributed by atoms with E-state index in [1.807, 2.05) is 0 Å². The number of pyridine rings is 1. The highest BCUT2D eigenvalue weighted by Crippen LogP contribution is 2.28. The first kappa shape index (κ1) is 11.8. The molecule has 17 heavy (non-hydrogen) atoms. The number of aromatic nitrogens is 1. The fourth-order valence-corrected chi connectivity index (χ4v) is 2.07. The van der Waals surface area contributed by atoms with Crippen LogP contribution in [0.2, 0.25) is 0 Å². The van der Waals surface area contributed by atoms with Crippen molar-refractivity contribution in [2.24, 2.45) is 0 Å². The molecule has 0 bridgehead atoms. The van der Waals surface area contributed by atoms with Gasteiger partial charge in [0.2, 0.25) is 0 Å². The molecule has 2 N–H and O–H groups in total. The average molecular weight is 236 g/mol. The molecule has 0 unspecified atom stereocenters. The molecule has 1 aromatic heterocycles. The SMILES string of the molecule is CC1(Nc2cccnc2[N+](=O)[O-])CCNCC1. The van der Waals surface area contributed by atoms with E-state index in [-0.39, 0.29) is 11.4 Å². The highest BCUT2D eigenvalue weighted by molar-refractivity contribution is 5.58. The first-order valence-corrected chi connectivity index (χ1v) is 5.69. The van der Waals surface area contributed by atoms with Crippen LogP contribution in [-0.2, 0) is 0 Å². The molecule has 1 fully saturated rings. The fraction of sp³-hybridized carbons (Fsp3) is 0.545. The van der Waals surface area contributed by atoms with Crippen LogP contribution >= 0.6 is 0 Å². The normalized spacial score (nSPS) is 18.6. The Morgan fingerprint density at radius 1 is 1.53 bits per heavy atom. The third kappa shape index (κ3) is 2.71. The summed E-state index contributed by atoms with van der Waals surface area (Å²) >= 11 is 0. The van der Waals surface area contributed by atoms with Crippen LogP contribution in [0.25, 0.3) is 0 Å². The number of rotatable bonds is 3. The summed E-state index contributed by atoms with van der Waals surface area (Å²) in [6, 6.07) is 3.41. The summed E-state index contributed by atoms with van der Waals surface area (Å²) in [5.41, 5.74) is 0.404. The standard InChI is InChI=1S/C11H16N4O2/c1-11(4-7-12-8-5-11)14-9-3-2-6-13-10(9)15(16)17/h2-3,6,12,14H,4-5,7-8H2,1H3. The van der Waals surface area contributed by atoms with E-state index in [0.29, 0.717) is 5.69 Å². The third-order valence-corrected chi connectivity index (χ3v) is 3.10. The predicted molar refractivity (Wildman–Crippen MR) is 65.0 cm³/mol. The largest absolute Gasteiger partial charge is 0.386 e. The van der Waals surface area contributed by atoms with Gasteiger partial charge in [0, 0.05) is 5.54 Å². The molecule has 1 aromatic rings. The number of nitro groups is 1. The van der Waals surface area contributed by atoms with Gasteiger partial charge in [0.1, 0.15) is 11.9 Å². The van der Waals surface area contributed by atoms with Crippen molar-refractivity contribution in [3.63, 3.8) is 0 Å². The van der Waals surface area contributed by atoms with Gasteiger partial charge in [-0.2, -0.15) is 0 Å². The Kier molecular flexibility index (Phi) is 3.23. The van der Waals surface area contributed by atoms with Crippen molar-refractivity contribution in [3.05, 3.63) is 28.4 Å². The van der Waals surface area contributed by atoms with Crippen LogP contribution in [0.5, 0.6) is 0 Å². The maximum Gasteiger partial charge on any atom is 0.386 e. The molecule has 0 aromatic carbocycles. The van der Waals surface area contributed by atoms with Crippen LogP contribution in [0.1, 0.15) is 19.8 Å². The highest BCUT2D eigenvalue weighted by atomic mass is 16.6. The van der Waals surface area contributed by atoms with Crippen molar-refractivity contribution in [2.45, 2.75) is 25.3 Å². The number of hydrogen-bond donors (Lipinski definition) is 2. The van der Waals surface area contributed by atoms with Crippen LogP contribution in [-0.4, -0.2) is 28.5 Å². The summed E-state index contributed by atoms with van der Waals surface area (Å²) in [4.78, 5) is 14.2. The molecule has 0 spiro atoms. The quantitative estimate of drug-likeness (QED) is 0.614. The molecular formula is C11H16N4O2. The lowest BCUT2D eigenvalue weighted by Gasteiger charge is -2.35. The molecular weight excluding hydrogens is 220 g/mol. The lowest BCUT2D eigenvalue weighted by atomic mass is 9.90. The number of piperidine rings is 1. The molecule has 0 saturated carbocycles. The summed E-state index contributed by atoms with van der Waals surface area (Å²) in [5.74, 6) is -0.104. The molecule has 1 aliphatic heterocycles. The minimum atomic E-state index is -0.452. The van der Waals surface area contributed by atoms with Gasteiger partial charge in [-0.15, -0.1) is 0 Å². The lowest BCUT2D eigenvalue weighted by molar-refractivity contribution is -0.388. The second kappa shape index (κ2) is 4.67. The smallest absolute Gasteiger partial charge is 0.373 e. The van der Waals surface area contributed by atoms with E-state index >= 15 is 0 Å². The molecule has 2 heterocycles. The Morgan fingerprint density at radius 3 is 2.88 bits per heavy atom. The van der Waals surface area contributed by atoms with Gasteiger partial charge in [-0.25, -0.2) is 0 Å². The zero-order valence-electron chi connectivity index (χ0n) is 9.77. The topological polar surface area (TPSA) is 80.1 Å². The molecule has 1 aliphatic rings. The molecule has 0 atom stereocenters. The van der Waals surface area contributed by atoms with Crippen molar-refractivity contribution in [2.75, 3.05) is 18.4 Å². The van der Waals surface area contributed by atoms with Crippen LogP contribution in [0, 0.1) is 10.1 Å². The summed E-state index contributed by atoms with van der Waals surface area (Å²) in [7, 11) is 0. The second-order valence-electron chi connectivity index (χ2n) is 4.57. The summed E-state index contributed by atoms with van der Waals surface area (Å²) in [6.45, 7) is 3.94. The molecule has 6 heteroatoms. The number of nitrogens with zero attached hydrogens (tertiary/aromatic N) is 2. The molecule has 92 valence electrons. The Hall–Kier alpha value is -1.69. The van der Waals surface area contributed by atoms with Crippen LogP contribution in [0.4, 0.5) is 11.5 Å². The third-order valence-electron chi connectivity index (χ3n) is 3.10. The summed E-state index contributed by atoms with van der Waals surface area (Å²) < 4.78 is 0. The van der Waals surface area contributed by atoms with Crippen molar-refractivity contribution in [1.29, 1.82) is 0 Å². The summed E-state index contributed by atoms with van der Waals surface area (Å²) in [6.07, 6.45) is 3.33. The fourth-order valence-electron chi connectivity index (χ4n) is 2.07. The van der Waals surface area contributed by atoms with E-state index in [2.05, 4.69) is 22.5 Å². The van der Waals surface area contributed by atoms with E-state index in [1.54, 1.807) is 12.1 Å². The van der Waals surface area contributed by atoms with Crippen LogP contribution in [0.3, 0.4) is 0 Å². The molecule has 0 radical (unpaired) electrons. The number of nitrogens with one attached hydrogen (secondary N) is 2. The maximum atomic E-state index is 10.9. The molecule has 2 rings (SSSR count). The van der Waals surface area contributed by atoms with Crippen molar-refractivity contribution in [3.8, 4) is 0 Å². The molecule has 1 saturated heterocycles. The predicted octanol–water partition coefficient (Wildman–Crippen LogP) is 1.54. The zero-order valence-corrected chi connectivity index (χ0v) is 9.77.